The van der Waals surface area contributed by atoms with Crippen LogP contribution in [0, 0.1) is 0 Å². The van der Waals surface area contributed by atoms with Crippen LogP contribution >= 0.6 is 50.9 Å². The normalized spacial score (nSPS) is 17.3. The number of thioether (sulfide) groups is 1. The molecule has 0 aromatic heterocycles. The fourth-order valence-electron chi connectivity index (χ4n) is 2.14. The Balaban J connectivity index is 1.92. The lowest BCUT2D eigenvalue weighted by Gasteiger charge is -2.17. The molecule has 3 rings (SSSR count). The third-order valence-electron chi connectivity index (χ3n) is 3.03. The summed E-state index contributed by atoms with van der Waals surface area (Å²) >= 11 is 17.8. The van der Waals surface area contributed by atoms with E-state index in [9.17, 15) is 0 Å². The van der Waals surface area contributed by atoms with Crippen molar-refractivity contribution in [3.05, 3.63) is 56.5 Å². The van der Waals surface area contributed by atoms with E-state index in [0.717, 1.165) is 15.9 Å². The van der Waals surface area contributed by atoms with Gasteiger partial charge in [-0.1, -0.05) is 57.3 Å². The van der Waals surface area contributed by atoms with Gasteiger partial charge in [-0.05, 0) is 23.8 Å². The highest BCUT2D eigenvalue weighted by molar-refractivity contribution is 9.10. The molecule has 1 heterocycles. The molecule has 0 saturated heterocycles. The average molecular weight is 375 g/mol. The van der Waals surface area contributed by atoms with Crippen molar-refractivity contribution >= 4 is 56.6 Å². The van der Waals surface area contributed by atoms with Crippen molar-refractivity contribution in [1.82, 2.24) is 0 Å². The van der Waals surface area contributed by atoms with Gasteiger partial charge in [-0.15, -0.1) is 11.8 Å². The molecule has 19 heavy (non-hydrogen) atoms. The number of halogens is 3. The van der Waals surface area contributed by atoms with Crippen LogP contribution in [0.3, 0.4) is 0 Å². The van der Waals surface area contributed by atoms with Gasteiger partial charge in [0.05, 0.1) is 21.8 Å². The van der Waals surface area contributed by atoms with E-state index in [2.05, 4.69) is 45.5 Å². The Bertz CT molecular complexity index is 610. The molecule has 2 aromatic carbocycles. The van der Waals surface area contributed by atoms with Gasteiger partial charge in [0.25, 0.3) is 0 Å². The molecule has 0 aliphatic carbocycles. The number of nitrogens with one attached hydrogen (secondary N) is 1. The molecule has 1 N–H and O–H groups in total. The van der Waals surface area contributed by atoms with Gasteiger partial charge < -0.3 is 5.32 Å². The predicted octanol–water partition coefficient (Wildman–Crippen LogP) is 6.01. The van der Waals surface area contributed by atoms with Gasteiger partial charge in [0, 0.05) is 15.1 Å². The van der Waals surface area contributed by atoms with Crippen molar-refractivity contribution in [2.45, 2.75) is 10.9 Å². The summed E-state index contributed by atoms with van der Waals surface area (Å²) in [5.41, 5.74) is 2.11. The largest absolute Gasteiger partial charge is 0.375 e. The summed E-state index contributed by atoms with van der Waals surface area (Å²) in [5, 5.41) is 4.72. The van der Waals surface area contributed by atoms with Gasteiger partial charge in [0.2, 0.25) is 0 Å². The summed E-state index contributed by atoms with van der Waals surface area (Å²) in [4.78, 5) is 1.32. The molecule has 0 spiro atoms. The second-order valence-electron chi connectivity index (χ2n) is 4.29. The molecule has 5 heteroatoms. The number of anilines is 1. The lowest BCUT2D eigenvalue weighted by molar-refractivity contribution is 0.900. The molecule has 1 atom stereocenters. The molecule has 0 saturated carbocycles. The molecular weight excluding hydrogens is 365 g/mol. The van der Waals surface area contributed by atoms with Crippen LogP contribution in [0.1, 0.15) is 11.6 Å². The summed E-state index contributed by atoms with van der Waals surface area (Å²) in [6, 6.07) is 12.4. The van der Waals surface area contributed by atoms with Crippen molar-refractivity contribution in [3.8, 4) is 0 Å². The lowest BCUT2D eigenvalue weighted by atomic mass is 10.1. The highest BCUT2D eigenvalue weighted by Gasteiger charge is 2.23. The average Bonchev–Trinajstić information content (AvgIpc) is 2.77. The summed E-state index contributed by atoms with van der Waals surface area (Å²) in [6.07, 6.45) is 0. The van der Waals surface area contributed by atoms with Crippen LogP contribution in [0.15, 0.2) is 45.8 Å². The Kier molecular flexibility index (Phi) is 3.99. The van der Waals surface area contributed by atoms with Crippen molar-refractivity contribution in [2.75, 3.05) is 11.1 Å². The molecule has 1 nitrogen and oxygen atoms in total. The monoisotopic (exact) mass is 373 g/mol. The summed E-state index contributed by atoms with van der Waals surface area (Å²) in [5.74, 6) is 0.988. The standard InChI is InChI=1S/C14H10BrCl2NS/c15-8-5-10(16)14(11(17)6-8)18-12-7-19-13-4-2-1-3-9(12)13/h1-6,12,18H,7H2. The van der Waals surface area contributed by atoms with Crippen molar-refractivity contribution in [1.29, 1.82) is 0 Å². The summed E-state index contributed by atoms with van der Waals surface area (Å²) < 4.78 is 0.884. The third kappa shape index (κ3) is 2.75. The molecule has 0 bridgehead atoms. The second kappa shape index (κ2) is 5.57. The van der Waals surface area contributed by atoms with Gasteiger partial charge in [-0.25, -0.2) is 0 Å². The van der Waals surface area contributed by atoms with Crippen LogP contribution in [0.5, 0.6) is 0 Å². The van der Waals surface area contributed by atoms with Gasteiger partial charge in [-0.3, -0.25) is 0 Å². The van der Waals surface area contributed by atoms with Crippen molar-refractivity contribution in [3.63, 3.8) is 0 Å². The molecule has 0 amide bonds. The van der Waals surface area contributed by atoms with E-state index in [0.29, 0.717) is 10.0 Å². The molecule has 1 aliphatic heterocycles. The first-order chi connectivity index (χ1) is 9.15. The fraction of sp³-hybridized carbons (Fsp3) is 0.143. The topological polar surface area (TPSA) is 12.0 Å². The third-order valence-corrected chi connectivity index (χ3v) is 5.26. The highest BCUT2D eigenvalue weighted by atomic mass is 79.9. The highest BCUT2D eigenvalue weighted by Crippen LogP contribution is 2.42. The first kappa shape index (κ1) is 13.6. The summed E-state index contributed by atoms with van der Waals surface area (Å²) in [7, 11) is 0. The van der Waals surface area contributed by atoms with E-state index in [-0.39, 0.29) is 6.04 Å². The molecule has 1 aliphatic rings. The van der Waals surface area contributed by atoms with Gasteiger partial charge in [0.1, 0.15) is 0 Å². The maximum Gasteiger partial charge on any atom is 0.0724 e. The summed E-state index contributed by atoms with van der Waals surface area (Å²) in [6.45, 7) is 0. The van der Waals surface area contributed by atoms with Crippen LogP contribution in [-0.4, -0.2) is 5.75 Å². The quantitative estimate of drug-likeness (QED) is 0.690. The predicted molar refractivity (Wildman–Crippen MR) is 87.7 cm³/mol. The molecule has 98 valence electrons. The number of hydrogen-bond donors (Lipinski definition) is 1. The molecule has 1 unspecified atom stereocenters. The Morgan fingerprint density at radius 3 is 2.58 bits per heavy atom. The maximum atomic E-state index is 6.26. The Hall–Kier alpha value is -0.350. The van der Waals surface area contributed by atoms with Gasteiger partial charge in [-0.2, -0.15) is 0 Å². The minimum atomic E-state index is 0.248. The fourth-order valence-corrected chi connectivity index (χ4v) is 4.61. The first-order valence-electron chi connectivity index (χ1n) is 5.78. The number of hydrogen-bond acceptors (Lipinski definition) is 2. The zero-order chi connectivity index (χ0) is 13.4. The second-order valence-corrected chi connectivity index (χ2v) is 7.08. The zero-order valence-corrected chi connectivity index (χ0v) is 13.7. The number of fused-ring (bicyclic) bond motifs is 1. The van der Waals surface area contributed by atoms with E-state index in [1.807, 2.05) is 23.9 Å². The first-order valence-corrected chi connectivity index (χ1v) is 8.31. The van der Waals surface area contributed by atoms with E-state index in [1.165, 1.54) is 10.5 Å². The number of rotatable bonds is 2. The molecule has 0 radical (unpaired) electrons. The maximum absolute atomic E-state index is 6.26. The van der Waals surface area contributed by atoms with Crippen LogP contribution in [0.25, 0.3) is 0 Å². The minimum absolute atomic E-state index is 0.248. The molecule has 2 aromatic rings. The van der Waals surface area contributed by atoms with E-state index in [4.69, 9.17) is 23.2 Å². The van der Waals surface area contributed by atoms with E-state index < -0.39 is 0 Å². The van der Waals surface area contributed by atoms with Gasteiger partial charge in [0.15, 0.2) is 0 Å². The van der Waals surface area contributed by atoms with E-state index >= 15 is 0 Å². The van der Waals surface area contributed by atoms with Crippen LogP contribution in [-0.2, 0) is 0 Å². The Morgan fingerprint density at radius 2 is 1.84 bits per heavy atom. The van der Waals surface area contributed by atoms with Crippen molar-refractivity contribution < 1.29 is 0 Å². The van der Waals surface area contributed by atoms with Crippen LogP contribution in [0.2, 0.25) is 10.0 Å². The lowest BCUT2D eigenvalue weighted by Crippen LogP contribution is -2.10. The number of benzene rings is 2. The minimum Gasteiger partial charge on any atom is -0.375 e. The van der Waals surface area contributed by atoms with Crippen LogP contribution in [0.4, 0.5) is 5.69 Å². The molecule has 0 fully saturated rings. The SMILES string of the molecule is Clc1cc(Br)cc(Cl)c1NC1CSc2ccccc21. The smallest absolute Gasteiger partial charge is 0.0724 e. The zero-order valence-electron chi connectivity index (χ0n) is 9.79. The molecular formula is C14H10BrCl2NS. The van der Waals surface area contributed by atoms with Gasteiger partial charge >= 0.3 is 0 Å². The Labute approximate surface area is 134 Å². The van der Waals surface area contributed by atoms with Crippen molar-refractivity contribution in [2.24, 2.45) is 0 Å². The van der Waals surface area contributed by atoms with Crippen LogP contribution < -0.4 is 5.32 Å². The Morgan fingerprint density at radius 1 is 1.16 bits per heavy atom. The van der Waals surface area contributed by atoms with E-state index in [1.54, 1.807) is 0 Å².